The Kier molecular flexibility index (Phi) is 3.63. The van der Waals surface area contributed by atoms with E-state index in [0.29, 0.717) is 21.8 Å². The van der Waals surface area contributed by atoms with Crippen molar-refractivity contribution in [1.29, 1.82) is 0 Å². The number of carbonyl (C=O) groups is 1. The third-order valence-electron chi connectivity index (χ3n) is 2.76. The minimum absolute atomic E-state index is 0.259. The van der Waals surface area contributed by atoms with Gasteiger partial charge in [0, 0.05) is 17.2 Å². The molecule has 0 aromatic carbocycles. The van der Waals surface area contributed by atoms with Crippen molar-refractivity contribution in [3.63, 3.8) is 0 Å². The molecule has 1 aromatic rings. The molecule has 6 heteroatoms. The summed E-state index contributed by atoms with van der Waals surface area (Å²) in [6.07, 6.45) is 3.13. The van der Waals surface area contributed by atoms with Crippen LogP contribution in [-0.2, 0) is 0 Å². The van der Waals surface area contributed by atoms with Crippen molar-refractivity contribution < 1.29 is 9.90 Å². The molecule has 5 nitrogen and oxygen atoms in total. The van der Waals surface area contributed by atoms with Crippen LogP contribution >= 0.6 is 15.9 Å². The van der Waals surface area contributed by atoms with Gasteiger partial charge in [0.05, 0.1) is 11.7 Å². The summed E-state index contributed by atoms with van der Waals surface area (Å²) in [6, 6.07) is 1.50. The zero-order valence-corrected chi connectivity index (χ0v) is 10.8. The second kappa shape index (κ2) is 5.01. The lowest BCUT2D eigenvalue weighted by molar-refractivity contribution is 0.0900. The zero-order chi connectivity index (χ0) is 12.4. The molecular weight excluding hydrogens is 286 g/mol. The molecule has 0 bridgehead atoms. The van der Waals surface area contributed by atoms with Gasteiger partial charge in [-0.3, -0.25) is 4.79 Å². The van der Waals surface area contributed by atoms with Gasteiger partial charge in [-0.1, -0.05) is 0 Å². The maximum absolute atomic E-state index is 11.8. The van der Waals surface area contributed by atoms with Crippen LogP contribution in [0.4, 0.5) is 5.82 Å². The molecule has 0 radical (unpaired) electrons. The third-order valence-corrected chi connectivity index (χ3v) is 3.39. The number of aromatic nitrogens is 1. The van der Waals surface area contributed by atoms with Crippen LogP contribution in [0.5, 0.6) is 0 Å². The number of rotatable bonds is 4. The number of hydrogen-bond acceptors (Lipinski definition) is 4. The number of halogens is 1. The summed E-state index contributed by atoms with van der Waals surface area (Å²) in [4.78, 5) is 15.7. The Morgan fingerprint density at radius 3 is 3.06 bits per heavy atom. The van der Waals surface area contributed by atoms with Crippen molar-refractivity contribution in [2.75, 3.05) is 12.3 Å². The Morgan fingerprint density at radius 2 is 2.41 bits per heavy atom. The van der Waals surface area contributed by atoms with Gasteiger partial charge >= 0.3 is 0 Å². The number of pyridine rings is 1. The minimum Gasteiger partial charge on any atom is -0.391 e. The predicted octanol–water partition coefficient (Wildman–Crippen LogP) is 0.927. The molecule has 1 fully saturated rings. The predicted molar refractivity (Wildman–Crippen MR) is 67.4 cm³/mol. The average molecular weight is 300 g/mol. The molecular formula is C11H14BrN3O2. The van der Waals surface area contributed by atoms with E-state index in [0.717, 1.165) is 12.8 Å². The van der Waals surface area contributed by atoms with Crippen LogP contribution in [0.1, 0.15) is 23.2 Å². The highest BCUT2D eigenvalue weighted by molar-refractivity contribution is 9.10. The topological polar surface area (TPSA) is 88.2 Å². The number of nitrogens with one attached hydrogen (secondary N) is 1. The van der Waals surface area contributed by atoms with Crippen molar-refractivity contribution in [2.45, 2.75) is 18.9 Å². The van der Waals surface area contributed by atoms with Gasteiger partial charge < -0.3 is 16.2 Å². The average Bonchev–Trinajstić information content (AvgIpc) is 3.12. The molecule has 1 saturated carbocycles. The van der Waals surface area contributed by atoms with Crippen LogP contribution in [-0.4, -0.2) is 28.6 Å². The summed E-state index contributed by atoms with van der Waals surface area (Å²) in [6.45, 7) is 0.276. The Labute approximate surface area is 108 Å². The van der Waals surface area contributed by atoms with Crippen molar-refractivity contribution >= 4 is 27.7 Å². The van der Waals surface area contributed by atoms with Crippen LogP contribution in [0.15, 0.2) is 16.7 Å². The monoisotopic (exact) mass is 299 g/mol. The van der Waals surface area contributed by atoms with E-state index in [2.05, 4.69) is 26.2 Å². The molecule has 0 spiro atoms. The van der Waals surface area contributed by atoms with Gasteiger partial charge in [-0.05, 0) is 40.8 Å². The van der Waals surface area contributed by atoms with Crippen LogP contribution in [0.25, 0.3) is 0 Å². The summed E-state index contributed by atoms with van der Waals surface area (Å²) in [5, 5.41) is 12.3. The fourth-order valence-electron chi connectivity index (χ4n) is 1.57. The minimum atomic E-state index is -0.447. The molecule has 0 aliphatic heterocycles. The zero-order valence-electron chi connectivity index (χ0n) is 9.19. The van der Waals surface area contributed by atoms with Crippen LogP contribution in [0.2, 0.25) is 0 Å². The molecule has 1 amide bonds. The molecule has 1 aliphatic carbocycles. The third kappa shape index (κ3) is 3.17. The van der Waals surface area contributed by atoms with Crippen molar-refractivity contribution in [3.05, 3.63) is 22.3 Å². The molecule has 92 valence electrons. The number of nitrogen functional groups attached to an aromatic ring is 1. The van der Waals surface area contributed by atoms with E-state index in [1.165, 1.54) is 12.3 Å². The first-order chi connectivity index (χ1) is 8.08. The van der Waals surface area contributed by atoms with Gasteiger partial charge in [0.2, 0.25) is 0 Å². The molecule has 1 heterocycles. The fourth-order valence-corrected chi connectivity index (χ4v) is 1.97. The normalized spacial score (nSPS) is 16.6. The van der Waals surface area contributed by atoms with E-state index in [1.54, 1.807) is 0 Å². The Hall–Kier alpha value is -1.14. The smallest absolute Gasteiger partial charge is 0.252 e. The summed E-state index contributed by atoms with van der Waals surface area (Å²) >= 11 is 3.24. The lowest BCUT2D eigenvalue weighted by Gasteiger charge is -2.11. The van der Waals surface area contributed by atoms with Crippen molar-refractivity contribution in [3.8, 4) is 0 Å². The van der Waals surface area contributed by atoms with E-state index < -0.39 is 6.10 Å². The number of carbonyl (C=O) groups excluding carboxylic acids is 1. The highest BCUT2D eigenvalue weighted by Gasteiger charge is 2.29. The second-order valence-electron chi connectivity index (χ2n) is 4.20. The summed E-state index contributed by atoms with van der Waals surface area (Å²) in [5.41, 5.74) is 5.95. The molecule has 1 unspecified atom stereocenters. The summed E-state index contributed by atoms with van der Waals surface area (Å²) in [5.74, 6) is 0.382. The fraction of sp³-hybridized carbons (Fsp3) is 0.455. The van der Waals surface area contributed by atoms with Gasteiger partial charge in [0.15, 0.2) is 0 Å². The van der Waals surface area contributed by atoms with E-state index in [4.69, 9.17) is 5.73 Å². The first kappa shape index (κ1) is 12.3. The van der Waals surface area contributed by atoms with Crippen molar-refractivity contribution in [1.82, 2.24) is 10.3 Å². The highest BCUT2D eigenvalue weighted by Crippen LogP contribution is 2.32. The van der Waals surface area contributed by atoms with Crippen molar-refractivity contribution in [2.24, 2.45) is 5.92 Å². The quantitative estimate of drug-likeness (QED) is 0.772. The second-order valence-corrected chi connectivity index (χ2v) is 5.06. The van der Waals surface area contributed by atoms with Gasteiger partial charge in [-0.2, -0.15) is 0 Å². The van der Waals surface area contributed by atoms with Gasteiger partial charge in [-0.25, -0.2) is 4.98 Å². The Morgan fingerprint density at radius 1 is 1.71 bits per heavy atom. The first-order valence-corrected chi connectivity index (χ1v) is 6.24. The van der Waals surface area contributed by atoms with Crippen LogP contribution in [0.3, 0.4) is 0 Å². The number of anilines is 1. The van der Waals surface area contributed by atoms with E-state index in [1.807, 2.05) is 0 Å². The molecule has 17 heavy (non-hydrogen) atoms. The summed E-state index contributed by atoms with van der Waals surface area (Å²) in [7, 11) is 0. The SMILES string of the molecule is Nc1cc(C(=O)NCC(O)C2CC2)c(Br)cn1. The van der Waals surface area contributed by atoms with E-state index >= 15 is 0 Å². The molecule has 1 aliphatic rings. The lowest BCUT2D eigenvalue weighted by Crippen LogP contribution is -2.33. The number of aliphatic hydroxyl groups is 1. The van der Waals surface area contributed by atoms with Gasteiger partial charge in [0.1, 0.15) is 5.82 Å². The molecule has 1 atom stereocenters. The number of nitrogens with two attached hydrogens (primary N) is 1. The molecule has 1 aromatic heterocycles. The standard InChI is InChI=1S/C11H14BrN3O2/c12-8-4-14-10(13)3-7(8)11(17)15-5-9(16)6-1-2-6/h3-4,6,9,16H,1-2,5H2,(H2,13,14)(H,15,17). The molecule has 0 saturated heterocycles. The van der Waals surface area contributed by atoms with Crippen LogP contribution in [0, 0.1) is 5.92 Å². The van der Waals surface area contributed by atoms with Gasteiger partial charge in [-0.15, -0.1) is 0 Å². The largest absolute Gasteiger partial charge is 0.391 e. The number of aliphatic hydroxyl groups excluding tert-OH is 1. The number of amides is 1. The van der Waals surface area contributed by atoms with Crippen LogP contribution < -0.4 is 11.1 Å². The maximum Gasteiger partial charge on any atom is 0.252 e. The summed E-state index contributed by atoms with van der Waals surface area (Å²) < 4.78 is 0.588. The molecule has 4 N–H and O–H groups in total. The van der Waals surface area contributed by atoms with E-state index in [-0.39, 0.29) is 12.5 Å². The number of hydrogen-bond donors (Lipinski definition) is 3. The number of nitrogens with zero attached hydrogens (tertiary/aromatic N) is 1. The van der Waals surface area contributed by atoms with E-state index in [9.17, 15) is 9.90 Å². The first-order valence-electron chi connectivity index (χ1n) is 5.45. The maximum atomic E-state index is 11.8. The highest BCUT2D eigenvalue weighted by atomic mass is 79.9. The van der Waals surface area contributed by atoms with Gasteiger partial charge in [0.25, 0.3) is 5.91 Å². The molecule has 2 rings (SSSR count). The Balaban J connectivity index is 1.96. The lowest BCUT2D eigenvalue weighted by atomic mass is 10.2. The Bertz CT molecular complexity index is 435.